The Kier molecular flexibility index (Phi) is 5.62. The largest absolute Gasteiger partial charge is 0.339 e. The first-order valence-corrected chi connectivity index (χ1v) is 9.28. The first kappa shape index (κ1) is 18.5. The molecule has 3 rings (SSSR count). The number of benzene rings is 2. The van der Waals surface area contributed by atoms with Crippen molar-refractivity contribution in [2.45, 2.75) is 26.7 Å². The summed E-state index contributed by atoms with van der Waals surface area (Å²) in [7, 11) is 0. The number of carbonyl (C=O) groups is 2. The molecular weight excluding hydrogens is 348 g/mol. The van der Waals surface area contributed by atoms with E-state index in [1.54, 1.807) is 36.4 Å². The first-order valence-electron chi connectivity index (χ1n) is 8.91. The highest BCUT2D eigenvalue weighted by Gasteiger charge is 2.21. The van der Waals surface area contributed by atoms with Gasteiger partial charge in [0.1, 0.15) is 0 Å². The number of amides is 2. The van der Waals surface area contributed by atoms with Crippen LogP contribution in [0, 0.1) is 12.8 Å². The quantitative estimate of drug-likeness (QED) is 0.845. The zero-order valence-electron chi connectivity index (χ0n) is 15.1. The van der Waals surface area contributed by atoms with Gasteiger partial charge in [-0.2, -0.15) is 0 Å². The van der Waals surface area contributed by atoms with Crippen LogP contribution in [-0.4, -0.2) is 29.8 Å². The second-order valence-corrected chi connectivity index (χ2v) is 7.40. The Bertz CT molecular complexity index is 809. The van der Waals surface area contributed by atoms with Gasteiger partial charge in [0.25, 0.3) is 11.8 Å². The molecule has 1 heterocycles. The molecule has 1 saturated heterocycles. The minimum atomic E-state index is -0.221. The van der Waals surface area contributed by atoms with Crippen molar-refractivity contribution in [3.8, 4) is 0 Å². The van der Waals surface area contributed by atoms with E-state index < -0.39 is 0 Å². The van der Waals surface area contributed by atoms with Crippen LogP contribution in [0.2, 0.25) is 5.02 Å². The van der Waals surface area contributed by atoms with Crippen LogP contribution >= 0.6 is 11.6 Å². The Labute approximate surface area is 159 Å². The molecule has 0 aliphatic carbocycles. The third-order valence-corrected chi connectivity index (χ3v) is 5.15. The second kappa shape index (κ2) is 7.92. The lowest BCUT2D eigenvalue weighted by atomic mass is 9.98. The summed E-state index contributed by atoms with van der Waals surface area (Å²) in [5.74, 6) is 0.496. The maximum absolute atomic E-state index is 12.6. The van der Waals surface area contributed by atoms with E-state index >= 15 is 0 Å². The van der Waals surface area contributed by atoms with Crippen molar-refractivity contribution in [2.75, 3.05) is 18.4 Å². The highest BCUT2D eigenvalue weighted by Crippen LogP contribution is 2.21. The lowest BCUT2D eigenvalue weighted by molar-refractivity contribution is 0.0697. The van der Waals surface area contributed by atoms with Crippen molar-refractivity contribution in [2.24, 2.45) is 5.92 Å². The Morgan fingerprint density at radius 1 is 1.04 bits per heavy atom. The van der Waals surface area contributed by atoms with Crippen LogP contribution in [0.25, 0.3) is 0 Å². The Balaban J connectivity index is 1.68. The van der Waals surface area contributed by atoms with Gasteiger partial charge in [-0.25, -0.2) is 0 Å². The number of halogens is 1. The van der Waals surface area contributed by atoms with E-state index in [4.69, 9.17) is 11.6 Å². The average molecular weight is 371 g/mol. The molecule has 0 atom stereocenters. The number of hydrogen-bond acceptors (Lipinski definition) is 2. The summed E-state index contributed by atoms with van der Waals surface area (Å²) in [6.07, 6.45) is 2.09. The maximum Gasteiger partial charge on any atom is 0.255 e. The topological polar surface area (TPSA) is 49.4 Å². The van der Waals surface area contributed by atoms with E-state index in [2.05, 4.69) is 12.2 Å². The van der Waals surface area contributed by atoms with Gasteiger partial charge in [0.15, 0.2) is 0 Å². The molecule has 2 aromatic carbocycles. The predicted octanol–water partition coefficient (Wildman–Crippen LogP) is 4.77. The van der Waals surface area contributed by atoms with Gasteiger partial charge in [-0.05, 0) is 67.6 Å². The summed E-state index contributed by atoms with van der Waals surface area (Å²) in [6.45, 7) is 5.73. The molecule has 0 radical (unpaired) electrons. The van der Waals surface area contributed by atoms with Crippen LogP contribution in [-0.2, 0) is 0 Å². The molecule has 0 aromatic heterocycles. The molecule has 2 amide bonds. The molecule has 0 spiro atoms. The number of nitrogens with zero attached hydrogens (tertiary/aromatic N) is 1. The van der Waals surface area contributed by atoms with Crippen LogP contribution in [0.4, 0.5) is 5.69 Å². The molecule has 4 nitrogen and oxygen atoms in total. The van der Waals surface area contributed by atoms with Crippen molar-refractivity contribution in [1.82, 2.24) is 4.90 Å². The summed E-state index contributed by atoms with van der Waals surface area (Å²) in [5, 5.41) is 3.44. The highest BCUT2D eigenvalue weighted by molar-refractivity contribution is 6.31. The lowest BCUT2D eigenvalue weighted by Gasteiger charge is -2.30. The average Bonchev–Trinajstić information content (AvgIpc) is 2.65. The molecule has 2 aromatic rings. The summed E-state index contributed by atoms with van der Waals surface area (Å²) >= 11 is 5.99. The van der Waals surface area contributed by atoms with Crippen molar-refractivity contribution >= 4 is 29.1 Å². The van der Waals surface area contributed by atoms with Crippen molar-refractivity contribution in [1.29, 1.82) is 0 Å². The number of anilines is 1. The van der Waals surface area contributed by atoms with Gasteiger partial charge in [0.2, 0.25) is 0 Å². The van der Waals surface area contributed by atoms with Crippen LogP contribution < -0.4 is 5.32 Å². The van der Waals surface area contributed by atoms with E-state index in [1.807, 2.05) is 17.9 Å². The normalized spacial score (nSPS) is 15.0. The molecule has 0 unspecified atom stereocenters. The number of likely N-dealkylation sites (tertiary alicyclic amines) is 1. The predicted molar refractivity (Wildman–Crippen MR) is 105 cm³/mol. The molecule has 5 heteroatoms. The lowest BCUT2D eigenvalue weighted by Crippen LogP contribution is -2.37. The van der Waals surface area contributed by atoms with Crippen molar-refractivity contribution < 1.29 is 9.59 Å². The Morgan fingerprint density at radius 2 is 1.65 bits per heavy atom. The van der Waals surface area contributed by atoms with E-state index in [0.717, 1.165) is 31.5 Å². The molecule has 1 N–H and O–H groups in total. The second-order valence-electron chi connectivity index (χ2n) is 6.97. The third-order valence-electron chi connectivity index (χ3n) is 4.91. The van der Waals surface area contributed by atoms with Gasteiger partial charge in [-0.3, -0.25) is 9.59 Å². The molecule has 1 aliphatic heterocycles. The van der Waals surface area contributed by atoms with E-state index in [-0.39, 0.29) is 11.8 Å². The van der Waals surface area contributed by atoms with Crippen molar-refractivity contribution in [3.05, 3.63) is 64.2 Å². The van der Waals surface area contributed by atoms with Gasteiger partial charge in [-0.15, -0.1) is 0 Å². The molecule has 0 bridgehead atoms. The summed E-state index contributed by atoms with van der Waals surface area (Å²) in [6, 6.07) is 12.2. The number of piperidine rings is 1. The standard InChI is InChI=1S/C21H23ClN2O2/c1-14-9-11-24(12-10-14)21(26)17-6-4-16(5-7-17)20(25)23-19-13-18(22)8-3-15(19)2/h3-8,13-14H,9-12H2,1-2H3,(H,23,25). The third kappa shape index (κ3) is 4.25. The molecule has 1 aliphatic rings. The fourth-order valence-electron chi connectivity index (χ4n) is 3.08. The number of nitrogens with one attached hydrogen (secondary N) is 1. The van der Waals surface area contributed by atoms with Gasteiger partial charge >= 0.3 is 0 Å². The van der Waals surface area contributed by atoms with E-state index in [0.29, 0.717) is 27.8 Å². The molecule has 1 fully saturated rings. The monoisotopic (exact) mass is 370 g/mol. The van der Waals surface area contributed by atoms with Gasteiger partial charge in [-0.1, -0.05) is 24.6 Å². The van der Waals surface area contributed by atoms with Crippen LogP contribution in [0.1, 0.15) is 46.0 Å². The van der Waals surface area contributed by atoms with E-state index in [9.17, 15) is 9.59 Å². The van der Waals surface area contributed by atoms with Crippen LogP contribution in [0.5, 0.6) is 0 Å². The maximum atomic E-state index is 12.6. The molecule has 26 heavy (non-hydrogen) atoms. The van der Waals surface area contributed by atoms with Gasteiger partial charge in [0.05, 0.1) is 0 Å². The number of carbonyl (C=O) groups excluding carboxylic acids is 2. The van der Waals surface area contributed by atoms with Gasteiger partial charge in [0, 0.05) is 34.9 Å². The minimum absolute atomic E-state index is 0.0366. The fraction of sp³-hybridized carbons (Fsp3) is 0.333. The molecule has 136 valence electrons. The summed E-state index contributed by atoms with van der Waals surface area (Å²) in [4.78, 5) is 26.9. The zero-order chi connectivity index (χ0) is 18.7. The molecule has 0 saturated carbocycles. The number of rotatable bonds is 3. The summed E-state index contributed by atoms with van der Waals surface area (Å²) < 4.78 is 0. The van der Waals surface area contributed by atoms with Crippen LogP contribution in [0.15, 0.2) is 42.5 Å². The minimum Gasteiger partial charge on any atom is -0.339 e. The SMILES string of the molecule is Cc1ccc(Cl)cc1NC(=O)c1ccc(C(=O)N2CCC(C)CC2)cc1. The van der Waals surface area contributed by atoms with E-state index in [1.165, 1.54) is 0 Å². The van der Waals surface area contributed by atoms with Crippen LogP contribution in [0.3, 0.4) is 0 Å². The number of hydrogen-bond donors (Lipinski definition) is 1. The van der Waals surface area contributed by atoms with Gasteiger partial charge < -0.3 is 10.2 Å². The molecular formula is C21H23ClN2O2. The zero-order valence-corrected chi connectivity index (χ0v) is 15.8. The Morgan fingerprint density at radius 3 is 2.31 bits per heavy atom. The fourth-order valence-corrected chi connectivity index (χ4v) is 3.25. The first-order chi connectivity index (χ1) is 12.4. The Hall–Kier alpha value is -2.33. The summed E-state index contributed by atoms with van der Waals surface area (Å²) in [5.41, 5.74) is 2.75. The smallest absolute Gasteiger partial charge is 0.255 e. The number of aryl methyl sites for hydroxylation is 1. The van der Waals surface area contributed by atoms with Crippen molar-refractivity contribution in [3.63, 3.8) is 0 Å². The highest BCUT2D eigenvalue weighted by atomic mass is 35.5.